The van der Waals surface area contributed by atoms with Gasteiger partial charge in [0.2, 0.25) is 5.91 Å². The Bertz CT molecular complexity index is 741. The van der Waals surface area contributed by atoms with Crippen LogP contribution in [0.25, 0.3) is 6.08 Å². The molecule has 2 rings (SSSR count). The molecule has 1 aromatic carbocycles. The minimum Gasteiger partial charge on any atom is -0.492 e. The molecule has 146 valence electrons. The molecule has 1 heterocycles. The van der Waals surface area contributed by atoms with Crippen molar-refractivity contribution in [1.82, 2.24) is 4.90 Å². The molecule has 0 aliphatic carbocycles. The maximum Gasteiger partial charge on any atom is 0.248 e. The summed E-state index contributed by atoms with van der Waals surface area (Å²) in [5.74, 6) is 0.593. The van der Waals surface area contributed by atoms with E-state index in [4.69, 9.17) is 9.15 Å². The Kier molecular flexibility index (Phi) is 7.67. The van der Waals surface area contributed by atoms with Gasteiger partial charge in [-0.1, -0.05) is 6.07 Å². The zero-order valence-corrected chi connectivity index (χ0v) is 16.9. The van der Waals surface area contributed by atoms with Gasteiger partial charge < -0.3 is 14.5 Å². The first-order valence-corrected chi connectivity index (χ1v) is 9.37. The van der Waals surface area contributed by atoms with Crippen LogP contribution in [0.4, 0.5) is 5.69 Å². The molecule has 0 fully saturated rings. The first kappa shape index (κ1) is 20.8. The number of carbonyl (C=O) groups excluding carboxylic acids is 1. The molecule has 0 atom stereocenters. The van der Waals surface area contributed by atoms with E-state index in [0.717, 1.165) is 23.4 Å². The first-order chi connectivity index (χ1) is 12.9. The van der Waals surface area contributed by atoms with Gasteiger partial charge in [-0.25, -0.2) is 0 Å². The Balaban J connectivity index is 1.94. The summed E-state index contributed by atoms with van der Waals surface area (Å²) in [6, 6.07) is 8.44. The van der Waals surface area contributed by atoms with Crippen molar-refractivity contribution < 1.29 is 13.9 Å². The van der Waals surface area contributed by atoms with Crippen LogP contribution in [0.5, 0.6) is 5.75 Å². The van der Waals surface area contributed by atoms with Crippen molar-refractivity contribution in [2.75, 3.05) is 18.5 Å². The highest BCUT2D eigenvalue weighted by Gasteiger charge is 2.13. The van der Waals surface area contributed by atoms with Crippen LogP contribution in [0.2, 0.25) is 0 Å². The van der Waals surface area contributed by atoms with Gasteiger partial charge in [-0.05, 0) is 58.4 Å². The number of hydrogen-bond donors (Lipinski definition) is 1. The monoisotopic (exact) mass is 370 g/mol. The van der Waals surface area contributed by atoms with E-state index in [1.807, 2.05) is 25.1 Å². The van der Waals surface area contributed by atoms with Crippen molar-refractivity contribution in [2.24, 2.45) is 0 Å². The second kappa shape index (κ2) is 9.97. The van der Waals surface area contributed by atoms with Crippen molar-refractivity contribution in [3.8, 4) is 5.75 Å². The van der Waals surface area contributed by atoms with E-state index in [0.29, 0.717) is 24.4 Å². The van der Waals surface area contributed by atoms with Crippen molar-refractivity contribution >= 4 is 17.7 Å². The summed E-state index contributed by atoms with van der Waals surface area (Å²) in [6.45, 7) is 12.2. The van der Waals surface area contributed by atoms with E-state index in [9.17, 15) is 4.79 Å². The molecule has 0 aliphatic heterocycles. The highest BCUT2D eigenvalue weighted by molar-refractivity contribution is 6.02. The van der Waals surface area contributed by atoms with Crippen molar-refractivity contribution in [1.29, 1.82) is 0 Å². The average Bonchev–Trinajstić information content (AvgIpc) is 3.12. The lowest BCUT2D eigenvalue weighted by molar-refractivity contribution is -0.111. The zero-order chi connectivity index (χ0) is 19.8. The third kappa shape index (κ3) is 6.61. The molecule has 5 heteroatoms. The number of ether oxygens (including phenoxy) is 1. The van der Waals surface area contributed by atoms with Gasteiger partial charge in [0.05, 0.1) is 12.5 Å². The number of nitrogens with one attached hydrogen (secondary N) is 1. The Morgan fingerprint density at radius 3 is 2.59 bits per heavy atom. The van der Waals surface area contributed by atoms with Crippen LogP contribution in [0.3, 0.4) is 0 Å². The lowest BCUT2D eigenvalue weighted by atomic mass is 10.2. The van der Waals surface area contributed by atoms with Gasteiger partial charge >= 0.3 is 0 Å². The van der Waals surface area contributed by atoms with E-state index in [2.05, 4.69) is 37.9 Å². The van der Waals surface area contributed by atoms with Crippen LogP contribution in [-0.4, -0.2) is 36.0 Å². The summed E-state index contributed by atoms with van der Waals surface area (Å²) in [5, 5.41) is 2.86. The summed E-state index contributed by atoms with van der Waals surface area (Å²) in [5.41, 5.74) is 2.60. The number of furan rings is 1. The quantitative estimate of drug-likeness (QED) is 0.648. The number of benzene rings is 1. The Morgan fingerprint density at radius 2 is 1.96 bits per heavy atom. The molecule has 0 saturated carbocycles. The highest BCUT2D eigenvalue weighted by atomic mass is 16.5. The van der Waals surface area contributed by atoms with Crippen molar-refractivity contribution in [3.63, 3.8) is 0 Å². The lowest BCUT2D eigenvalue weighted by Gasteiger charge is -2.30. The van der Waals surface area contributed by atoms with E-state index < -0.39 is 0 Å². The Labute approximate surface area is 162 Å². The fraction of sp³-hybridized carbons (Fsp3) is 0.409. The SMILES string of the molecule is Cc1ccc(NC(=O)/C=C/c2ccoc2)cc1OCCN(C(C)C)C(C)C. The zero-order valence-electron chi connectivity index (χ0n) is 16.9. The Morgan fingerprint density at radius 1 is 1.22 bits per heavy atom. The van der Waals surface area contributed by atoms with Gasteiger partial charge in [0, 0.05) is 42.0 Å². The molecule has 2 aromatic rings. The minimum atomic E-state index is -0.197. The number of aryl methyl sites for hydroxylation is 1. The number of carbonyl (C=O) groups is 1. The van der Waals surface area contributed by atoms with Crippen LogP contribution in [-0.2, 0) is 4.79 Å². The third-order valence-corrected chi connectivity index (χ3v) is 4.36. The molecule has 1 aromatic heterocycles. The molecule has 27 heavy (non-hydrogen) atoms. The topological polar surface area (TPSA) is 54.7 Å². The van der Waals surface area contributed by atoms with Crippen LogP contribution in [0, 0.1) is 6.92 Å². The van der Waals surface area contributed by atoms with Gasteiger partial charge in [0.25, 0.3) is 0 Å². The van der Waals surface area contributed by atoms with Gasteiger partial charge in [0.15, 0.2) is 0 Å². The van der Waals surface area contributed by atoms with E-state index in [1.54, 1.807) is 24.7 Å². The van der Waals surface area contributed by atoms with Gasteiger partial charge in [-0.2, -0.15) is 0 Å². The second-order valence-corrected chi connectivity index (χ2v) is 7.13. The Hall–Kier alpha value is -2.53. The molecule has 5 nitrogen and oxygen atoms in total. The van der Waals surface area contributed by atoms with Crippen molar-refractivity contribution in [3.05, 3.63) is 54.0 Å². The predicted octanol–water partition coefficient (Wildman–Crippen LogP) is 4.74. The number of nitrogens with zero attached hydrogens (tertiary/aromatic N) is 1. The second-order valence-electron chi connectivity index (χ2n) is 7.13. The largest absolute Gasteiger partial charge is 0.492 e. The molecule has 0 radical (unpaired) electrons. The molecule has 0 bridgehead atoms. The molecule has 1 N–H and O–H groups in total. The maximum absolute atomic E-state index is 12.1. The van der Waals surface area contributed by atoms with E-state index in [-0.39, 0.29) is 5.91 Å². The summed E-state index contributed by atoms with van der Waals surface area (Å²) in [4.78, 5) is 14.5. The number of amides is 1. The summed E-state index contributed by atoms with van der Waals surface area (Å²) in [6.07, 6.45) is 6.34. The third-order valence-electron chi connectivity index (χ3n) is 4.36. The van der Waals surface area contributed by atoms with Gasteiger partial charge in [-0.3, -0.25) is 9.69 Å². The fourth-order valence-electron chi connectivity index (χ4n) is 2.93. The molecule has 0 aliphatic rings. The molecule has 1 amide bonds. The molecular formula is C22H30N2O3. The standard InChI is InChI=1S/C22H30N2O3/c1-16(2)24(17(3)4)11-13-27-21-14-20(8-6-18(21)5)23-22(25)9-7-19-10-12-26-15-19/h6-10,12,14-17H,11,13H2,1-5H3,(H,23,25)/b9-7+. The van der Waals surface area contributed by atoms with Crippen LogP contribution in [0.15, 0.2) is 47.3 Å². The highest BCUT2D eigenvalue weighted by Crippen LogP contribution is 2.23. The van der Waals surface area contributed by atoms with Crippen LogP contribution >= 0.6 is 0 Å². The van der Waals surface area contributed by atoms with E-state index in [1.165, 1.54) is 6.08 Å². The maximum atomic E-state index is 12.1. The average molecular weight is 370 g/mol. The first-order valence-electron chi connectivity index (χ1n) is 9.37. The summed E-state index contributed by atoms with van der Waals surface area (Å²) >= 11 is 0. The van der Waals surface area contributed by atoms with Crippen molar-refractivity contribution in [2.45, 2.75) is 46.7 Å². The summed E-state index contributed by atoms with van der Waals surface area (Å²) in [7, 11) is 0. The molecule has 0 spiro atoms. The van der Waals surface area contributed by atoms with E-state index >= 15 is 0 Å². The van der Waals surface area contributed by atoms with Crippen LogP contribution < -0.4 is 10.1 Å². The van der Waals surface area contributed by atoms with Gasteiger partial charge in [-0.15, -0.1) is 0 Å². The molecular weight excluding hydrogens is 340 g/mol. The number of hydrogen-bond acceptors (Lipinski definition) is 4. The van der Waals surface area contributed by atoms with Crippen LogP contribution in [0.1, 0.15) is 38.8 Å². The lowest BCUT2D eigenvalue weighted by Crippen LogP contribution is -2.39. The number of rotatable bonds is 9. The smallest absolute Gasteiger partial charge is 0.248 e. The predicted molar refractivity (Wildman–Crippen MR) is 110 cm³/mol. The van der Waals surface area contributed by atoms with Gasteiger partial charge in [0.1, 0.15) is 12.4 Å². The molecule has 0 unspecified atom stereocenters. The summed E-state index contributed by atoms with van der Waals surface area (Å²) < 4.78 is 11.0. The number of anilines is 1. The normalized spacial score (nSPS) is 11.7. The minimum absolute atomic E-state index is 0.197. The molecule has 0 saturated heterocycles. The fourth-order valence-corrected chi connectivity index (χ4v) is 2.93.